The molecule has 1 N–H and O–H groups in total. The molecular weight excluding hydrogens is 390 g/mol. The fraction of sp³-hybridized carbons (Fsp3) is 0.364. The molecule has 2 aromatic carbocycles. The van der Waals surface area contributed by atoms with Gasteiger partial charge in [0.15, 0.2) is 0 Å². The molecule has 160 valence electrons. The number of nitrogens with zero attached hydrogens (tertiary/aromatic N) is 3. The molecule has 1 aliphatic rings. The highest BCUT2D eigenvalue weighted by Crippen LogP contribution is 2.17. The van der Waals surface area contributed by atoms with E-state index in [1.54, 1.807) is 19.1 Å². The summed E-state index contributed by atoms with van der Waals surface area (Å²) in [6, 6.07) is 16.5. The normalized spacial score (nSPS) is 15.3. The summed E-state index contributed by atoms with van der Waals surface area (Å²) in [7, 11) is 0. The maximum absolute atomic E-state index is 12.3. The number of carbonyl (C=O) groups is 1. The molecule has 3 rings (SSSR count). The van der Waals surface area contributed by atoms with Gasteiger partial charge in [-0.1, -0.05) is 30.3 Å². The van der Waals surface area contributed by atoms with Crippen molar-refractivity contribution in [3.8, 4) is 5.75 Å². The van der Waals surface area contributed by atoms with Crippen molar-refractivity contribution in [2.24, 2.45) is 5.10 Å². The van der Waals surface area contributed by atoms with Gasteiger partial charge in [-0.15, -0.1) is 0 Å². The zero-order valence-electron chi connectivity index (χ0n) is 16.9. The number of carbonyl (C=O) groups excluding carboxylic acids is 1. The van der Waals surface area contributed by atoms with E-state index in [-0.39, 0.29) is 11.7 Å². The van der Waals surface area contributed by atoms with Crippen LogP contribution in [-0.2, 0) is 4.79 Å². The molecule has 0 bridgehead atoms. The molecule has 0 spiro atoms. The molecule has 6 nitrogen and oxygen atoms in total. The maximum Gasteiger partial charge on any atom is 0.387 e. The van der Waals surface area contributed by atoms with Gasteiger partial charge in [-0.25, -0.2) is 5.43 Å². The Bertz CT molecular complexity index is 853. The number of benzene rings is 2. The molecule has 1 amide bonds. The lowest BCUT2D eigenvalue weighted by Crippen LogP contribution is -2.47. The van der Waals surface area contributed by atoms with Gasteiger partial charge in [0.2, 0.25) is 5.91 Å². The first-order chi connectivity index (χ1) is 14.5. The maximum atomic E-state index is 12.3. The number of piperazine rings is 1. The highest BCUT2D eigenvalue weighted by atomic mass is 19.3. The first-order valence-corrected chi connectivity index (χ1v) is 9.92. The predicted octanol–water partition coefficient (Wildman–Crippen LogP) is 3.34. The molecule has 1 fully saturated rings. The Balaban J connectivity index is 1.42. The van der Waals surface area contributed by atoms with E-state index in [1.807, 2.05) is 18.2 Å². The SMILES string of the molecule is C/C(=N\NC(=O)CCN1CCN(c2ccccc2)CC1)c1cccc(OC(F)F)c1. The lowest BCUT2D eigenvalue weighted by molar-refractivity contribution is -0.121. The number of hydrazone groups is 1. The zero-order chi connectivity index (χ0) is 21.3. The van der Waals surface area contributed by atoms with Crippen molar-refractivity contribution < 1.29 is 18.3 Å². The van der Waals surface area contributed by atoms with Crippen LogP contribution in [0.5, 0.6) is 5.75 Å². The minimum Gasteiger partial charge on any atom is -0.435 e. The van der Waals surface area contributed by atoms with Crippen LogP contribution in [0.15, 0.2) is 59.7 Å². The van der Waals surface area contributed by atoms with Gasteiger partial charge in [0, 0.05) is 50.4 Å². The van der Waals surface area contributed by atoms with E-state index >= 15 is 0 Å². The molecule has 0 radical (unpaired) electrons. The third-order valence-electron chi connectivity index (χ3n) is 4.97. The van der Waals surface area contributed by atoms with Gasteiger partial charge in [-0.2, -0.15) is 13.9 Å². The van der Waals surface area contributed by atoms with E-state index in [4.69, 9.17) is 0 Å². The van der Waals surface area contributed by atoms with Crippen LogP contribution in [0.1, 0.15) is 18.9 Å². The second-order valence-electron chi connectivity index (χ2n) is 7.05. The molecule has 1 saturated heterocycles. The van der Waals surface area contributed by atoms with Crippen LogP contribution in [0, 0.1) is 0 Å². The summed E-state index contributed by atoms with van der Waals surface area (Å²) in [4.78, 5) is 16.7. The second-order valence-corrected chi connectivity index (χ2v) is 7.05. The van der Waals surface area contributed by atoms with E-state index in [9.17, 15) is 13.6 Å². The van der Waals surface area contributed by atoms with Crippen LogP contribution in [0.4, 0.5) is 14.5 Å². The molecule has 2 aromatic rings. The number of ether oxygens (including phenoxy) is 1. The number of halogens is 2. The van der Waals surface area contributed by atoms with E-state index < -0.39 is 6.61 Å². The minimum atomic E-state index is -2.88. The summed E-state index contributed by atoms with van der Waals surface area (Å²) in [5.41, 5.74) is 4.88. The van der Waals surface area contributed by atoms with Crippen molar-refractivity contribution in [2.75, 3.05) is 37.6 Å². The van der Waals surface area contributed by atoms with Crippen LogP contribution < -0.4 is 15.1 Å². The van der Waals surface area contributed by atoms with Gasteiger partial charge in [0.1, 0.15) is 5.75 Å². The Morgan fingerprint density at radius 2 is 1.83 bits per heavy atom. The number of para-hydroxylation sites is 1. The highest BCUT2D eigenvalue weighted by molar-refractivity contribution is 5.99. The number of nitrogens with one attached hydrogen (secondary N) is 1. The summed E-state index contributed by atoms with van der Waals surface area (Å²) < 4.78 is 29.1. The van der Waals surface area contributed by atoms with Crippen LogP contribution in [0.25, 0.3) is 0 Å². The average Bonchev–Trinajstić information content (AvgIpc) is 2.76. The van der Waals surface area contributed by atoms with E-state index in [1.165, 1.54) is 17.8 Å². The van der Waals surface area contributed by atoms with Crippen molar-refractivity contribution in [1.29, 1.82) is 0 Å². The molecule has 1 heterocycles. The molecule has 8 heteroatoms. The van der Waals surface area contributed by atoms with Crippen molar-refractivity contribution in [3.63, 3.8) is 0 Å². The number of alkyl halides is 2. The van der Waals surface area contributed by atoms with Crippen molar-refractivity contribution in [1.82, 2.24) is 10.3 Å². The minimum absolute atomic E-state index is 0.0537. The fourth-order valence-electron chi connectivity index (χ4n) is 3.29. The molecule has 0 saturated carbocycles. The van der Waals surface area contributed by atoms with E-state index in [0.717, 1.165) is 26.2 Å². The molecule has 0 aromatic heterocycles. The smallest absolute Gasteiger partial charge is 0.387 e. The summed E-state index contributed by atoms with van der Waals surface area (Å²) >= 11 is 0. The standard InChI is InChI=1S/C22H26F2N4O2/c1-17(18-6-5-9-20(16-18)30-22(23)24)25-26-21(29)10-11-27-12-14-28(15-13-27)19-7-3-2-4-8-19/h2-9,16,22H,10-15H2,1H3,(H,26,29)/b25-17+. The largest absolute Gasteiger partial charge is 0.435 e. The zero-order valence-corrected chi connectivity index (χ0v) is 16.9. The number of hydrogen-bond donors (Lipinski definition) is 1. The summed E-state index contributed by atoms with van der Waals surface area (Å²) in [5.74, 6) is -0.127. The second kappa shape index (κ2) is 10.7. The van der Waals surface area contributed by atoms with E-state index in [2.05, 4.69) is 37.2 Å². The molecule has 0 aliphatic carbocycles. The Kier molecular flexibility index (Phi) is 7.73. The van der Waals surface area contributed by atoms with Crippen LogP contribution in [0.3, 0.4) is 0 Å². The number of rotatable bonds is 8. The highest BCUT2D eigenvalue weighted by Gasteiger charge is 2.17. The average molecular weight is 416 g/mol. The van der Waals surface area contributed by atoms with Gasteiger partial charge in [0.25, 0.3) is 0 Å². The van der Waals surface area contributed by atoms with Crippen LogP contribution >= 0.6 is 0 Å². The summed E-state index contributed by atoms with van der Waals surface area (Å²) in [6.45, 7) is 3.15. The molecule has 0 atom stereocenters. The van der Waals surface area contributed by atoms with Gasteiger partial charge >= 0.3 is 6.61 Å². The lowest BCUT2D eigenvalue weighted by Gasteiger charge is -2.36. The van der Waals surface area contributed by atoms with Crippen molar-refractivity contribution in [2.45, 2.75) is 20.0 Å². The van der Waals surface area contributed by atoms with Gasteiger partial charge in [-0.3, -0.25) is 9.69 Å². The Labute approximate surface area is 175 Å². The Morgan fingerprint density at radius 1 is 1.10 bits per heavy atom. The quantitative estimate of drug-likeness (QED) is 0.530. The Morgan fingerprint density at radius 3 is 2.53 bits per heavy atom. The lowest BCUT2D eigenvalue weighted by atomic mass is 10.1. The summed E-state index contributed by atoms with van der Waals surface area (Å²) in [6.07, 6.45) is 0.344. The molecule has 30 heavy (non-hydrogen) atoms. The third-order valence-corrected chi connectivity index (χ3v) is 4.97. The van der Waals surface area contributed by atoms with Crippen LogP contribution in [-0.4, -0.2) is 55.9 Å². The van der Waals surface area contributed by atoms with Gasteiger partial charge in [-0.05, 0) is 31.2 Å². The molecule has 1 aliphatic heterocycles. The van der Waals surface area contributed by atoms with Crippen LogP contribution in [0.2, 0.25) is 0 Å². The monoisotopic (exact) mass is 416 g/mol. The molecular formula is C22H26F2N4O2. The number of amides is 1. The predicted molar refractivity (Wildman–Crippen MR) is 113 cm³/mol. The van der Waals surface area contributed by atoms with Gasteiger partial charge in [0.05, 0.1) is 5.71 Å². The Hall–Kier alpha value is -3.00. The number of anilines is 1. The van der Waals surface area contributed by atoms with Crippen molar-refractivity contribution in [3.05, 3.63) is 60.2 Å². The summed E-state index contributed by atoms with van der Waals surface area (Å²) in [5, 5.41) is 4.08. The topological polar surface area (TPSA) is 57.2 Å². The first-order valence-electron chi connectivity index (χ1n) is 9.92. The third kappa shape index (κ3) is 6.52. The first kappa shape index (κ1) is 21.7. The number of hydrogen-bond acceptors (Lipinski definition) is 5. The van der Waals surface area contributed by atoms with Crippen molar-refractivity contribution >= 4 is 17.3 Å². The molecule has 0 unspecified atom stereocenters. The van der Waals surface area contributed by atoms with Gasteiger partial charge < -0.3 is 9.64 Å². The fourth-order valence-corrected chi connectivity index (χ4v) is 3.29. The van der Waals surface area contributed by atoms with E-state index in [0.29, 0.717) is 24.2 Å².